The van der Waals surface area contributed by atoms with Crippen molar-refractivity contribution in [3.05, 3.63) is 35.9 Å². The summed E-state index contributed by atoms with van der Waals surface area (Å²) in [7, 11) is 0.820. The molecule has 1 aromatic rings. The van der Waals surface area contributed by atoms with Crippen LogP contribution in [-0.4, -0.2) is 46.8 Å². The lowest BCUT2D eigenvalue weighted by Gasteiger charge is -2.38. The molecule has 8 heteroatoms. The minimum atomic E-state index is -5.09. The fourth-order valence-electron chi connectivity index (χ4n) is 6.94. The van der Waals surface area contributed by atoms with E-state index in [2.05, 4.69) is 13.8 Å². The van der Waals surface area contributed by atoms with Gasteiger partial charge in [-0.25, -0.2) is 4.79 Å². The Labute approximate surface area is 192 Å². The highest BCUT2D eigenvalue weighted by Crippen LogP contribution is 2.72. The van der Waals surface area contributed by atoms with Crippen LogP contribution in [0.1, 0.15) is 52.5 Å². The summed E-state index contributed by atoms with van der Waals surface area (Å²) in [6.45, 7) is 7.46. The van der Waals surface area contributed by atoms with E-state index in [1.54, 1.807) is 6.92 Å². The maximum absolute atomic E-state index is 14.3. The first-order chi connectivity index (χ1) is 15.1. The van der Waals surface area contributed by atoms with Gasteiger partial charge in [0.15, 0.2) is 0 Å². The van der Waals surface area contributed by atoms with E-state index >= 15 is 0 Å². The van der Waals surface area contributed by atoms with E-state index in [9.17, 15) is 28.2 Å². The van der Waals surface area contributed by atoms with Gasteiger partial charge in [0.2, 0.25) is 0 Å². The number of alkyl halides is 3. The van der Waals surface area contributed by atoms with Crippen molar-refractivity contribution in [1.82, 2.24) is 0 Å². The predicted molar refractivity (Wildman–Crippen MR) is 114 cm³/mol. The van der Waals surface area contributed by atoms with E-state index in [0.717, 1.165) is 25.7 Å². The number of hydrogen-bond donors (Lipinski definition) is 2. The molecule has 4 rings (SSSR count). The first-order valence-corrected chi connectivity index (χ1v) is 11.5. The number of aliphatic hydroxyl groups is 2. The minimum absolute atomic E-state index is 0.0470. The number of hydrogen-bond acceptors (Lipinski definition) is 5. The number of rotatable bonds is 4. The van der Waals surface area contributed by atoms with E-state index in [1.165, 1.54) is 25.1 Å². The van der Waals surface area contributed by atoms with Crippen molar-refractivity contribution in [3.63, 3.8) is 0 Å². The lowest BCUT2D eigenvalue weighted by molar-refractivity contribution is -0.280. The fourth-order valence-corrected chi connectivity index (χ4v) is 6.94. The van der Waals surface area contributed by atoms with Crippen molar-refractivity contribution in [2.75, 3.05) is 7.11 Å². The Morgan fingerprint density at radius 3 is 2.18 bits per heavy atom. The van der Waals surface area contributed by atoms with Gasteiger partial charge in [0.1, 0.15) is 11.7 Å². The van der Waals surface area contributed by atoms with Crippen LogP contribution in [0.15, 0.2) is 30.3 Å². The average molecular weight is 471 g/mol. The Hall–Kier alpha value is -1.64. The molecule has 1 aromatic carbocycles. The van der Waals surface area contributed by atoms with Gasteiger partial charge in [-0.2, -0.15) is 13.2 Å². The molecule has 0 amide bonds. The number of benzene rings is 1. The standard InChI is InChI=1S/C25H33F3O5/c1-21(2)15-11-12-22(3,30)16-13-17(23(4,31)19(16)18(15)21)33-20(29)24(32-5,25(26,27)28)14-9-7-6-8-10-14/h6-10,15-19,30-31H,11-13H2,1-5H3/t15-,16-,17+,18-,19-,22-,23+,24+/m0/s1. The van der Waals surface area contributed by atoms with Crippen LogP contribution >= 0.6 is 0 Å². The van der Waals surface area contributed by atoms with Crippen molar-refractivity contribution in [1.29, 1.82) is 0 Å². The molecule has 3 saturated carbocycles. The number of halogens is 3. The topological polar surface area (TPSA) is 76.0 Å². The molecule has 2 N–H and O–H groups in total. The van der Waals surface area contributed by atoms with Crippen LogP contribution in [0.4, 0.5) is 13.2 Å². The minimum Gasteiger partial charge on any atom is -0.457 e. The van der Waals surface area contributed by atoms with Gasteiger partial charge in [-0.05, 0) is 56.3 Å². The van der Waals surface area contributed by atoms with Gasteiger partial charge in [0.25, 0.3) is 5.60 Å². The molecule has 184 valence electrons. The molecule has 0 unspecified atom stereocenters. The highest BCUT2D eigenvalue weighted by Gasteiger charge is 2.73. The molecule has 8 atom stereocenters. The van der Waals surface area contributed by atoms with E-state index in [4.69, 9.17) is 9.47 Å². The molecule has 3 aliphatic carbocycles. The second kappa shape index (κ2) is 7.43. The smallest absolute Gasteiger partial charge is 0.432 e. The van der Waals surface area contributed by atoms with Crippen LogP contribution < -0.4 is 0 Å². The second-order valence-electron chi connectivity index (χ2n) is 11.1. The number of carbonyl (C=O) groups excluding carboxylic acids is 1. The summed E-state index contributed by atoms with van der Waals surface area (Å²) < 4.78 is 53.2. The van der Waals surface area contributed by atoms with Crippen molar-refractivity contribution in [2.45, 2.75) is 76.0 Å². The van der Waals surface area contributed by atoms with Crippen LogP contribution in [0, 0.1) is 29.1 Å². The molecule has 0 heterocycles. The second-order valence-corrected chi connectivity index (χ2v) is 11.1. The van der Waals surface area contributed by atoms with Crippen LogP contribution in [0.3, 0.4) is 0 Å². The van der Waals surface area contributed by atoms with Crippen LogP contribution in [0.5, 0.6) is 0 Å². The lowest BCUT2D eigenvalue weighted by Crippen LogP contribution is -2.54. The highest BCUT2D eigenvalue weighted by molar-refractivity contribution is 5.83. The van der Waals surface area contributed by atoms with E-state index in [0.29, 0.717) is 12.3 Å². The third-order valence-electron chi connectivity index (χ3n) is 8.94. The van der Waals surface area contributed by atoms with Crippen molar-refractivity contribution in [3.8, 4) is 0 Å². The van der Waals surface area contributed by atoms with Crippen molar-refractivity contribution >= 4 is 5.97 Å². The maximum Gasteiger partial charge on any atom is 0.432 e. The van der Waals surface area contributed by atoms with E-state index in [-0.39, 0.29) is 17.8 Å². The quantitative estimate of drug-likeness (QED) is 0.645. The van der Waals surface area contributed by atoms with Crippen LogP contribution in [-0.2, 0) is 19.9 Å². The molecule has 0 aliphatic heterocycles. The number of carbonyl (C=O) groups is 1. The van der Waals surface area contributed by atoms with Crippen LogP contribution in [0.2, 0.25) is 0 Å². The van der Waals surface area contributed by atoms with Gasteiger partial charge in [-0.3, -0.25) is 0 Å². The Bertz CT molecular complexity index is 910. The number of methoxy groups -OCH3 is 1. The Morgan fingerprint density at radius 1 is 1.03 bits per heavy atom. The van der Waals surface area contributed by atoms with Gasteiger partial charge in [-0.1, -0.05) is 44.2 Å². The zero-order valence-electron chi connectivity index (χ0n) is 19.6. The Kier molecular flexibility index (Phi) is 5.51. The van der Waals surface area contributed by atoms with Gasteiger partial charge in [0.05, 0.1) is 5.60 Å². The molecule has 0 saturated heterocycles. The molecule has 0 bridgehead atoms. The number of esters is 1. The maximum atomic E-state index is 14.3. The van der Waals surface area contributed by atoms with Gasteiger partial charge in [0, 0.05) is 18.6 Å². The van der Waals surface area contributed by atoms with Gasteiger partial charge in [-0.15, -0.1) is 0 Å². The lowest BCUT2D eigenvalue weighted by atomic mass is 9.73. The zero-order chi connectivity index (χ0) is 24.6. The molecule has 0 aromatic heterocycles. The summed E-state index contributed by atoms with van der Waals surface area (Å²) in [6.07, 6.45) is -4.86. The fraction of sp³-hybridized carbons (Fsp3) is 0.720. The molecule has 0 radical (unpaired) electrons. The number of ether oxygens (including phenoxy) is 2. The molecule has 0 spiro atoms. The predicted octanol–water partition coefficient (Wildman–Crippen LogP) is 4.21. The summed E-state index contributed by atoms with van der Waals surface area (Å²) >= 11 is 0. The van der Waals surface area contributed by atoms with Crippen molar-refractivity contribution in [2.24, 2.45) is 29.1 Å². The average Bonchev–Trinajstić information content (AvgIpc) is 3.18. The highest BCUT2D eigenvalue weighted by atomic mass is 19.4. The summed E-state index contributed by atoms with van der Waals surface area (Å²) in [5.41, 5.74) is -6.46. The van der Waals surface area contributed by atoms with E-state index < -0.39 is 52.5 Å². The van der Waals surface area contributed by atoms with Crippen molar-refractivity contribution < 1.29 is 37.7 Å². The Balaban J connectivity index is 1.69. The van der Waals surface area contributed by atoms with Crippen LogP contribution in [0.25, 0.3) is 0 Å². The molecular formula is C25H33F3O5. The SMILES string of the molecule is CO[C@@](C(=O)O[C@@H]1C[C@H]2[C@@H]([C@@H]3[C@H](CC[C@]2(C)O)C3(C)C)[C@]1(C)O)(c1ccccc1)C(F)(F)F. The summed E-state index contributed by atoms with van der Waals surface area (Å²) in [4.78, 5) is 13.2. The molecule has 3 aliphatic rings. The third kappa shape index (κ3) is 3.43. The molecule has 33 heavy (non-hydrogen) atoms. The normalized spacial score (nSPS) is 41.3. The summed E-state index contributed by atoms with van der Waals surface area (Å²) in [6, 6.07) is 6.64. The first-order valence-electron chi connectivity index (χ1n) is 11.5. The first kappa shape index (κ1) is 24.5. The monoisotopic (exact) mass is 470 g/mol. The number of fused-ring (bicyclic) bond motifs is 3. The van der Waals surface area contributed by atoms with E-state index in [1.807, 2.05) is 0 Å². The van der Waals surface area contributed by atoms with Gasteiger partial charge < -0.3 is 19.7 Å². The van der Waals surface area contributed by atoms with Gasteiger partial charge >= 0.3 is 12.1 Å². The Morgan fingerprint density at radius 2 is 1.64 bits per heavy atom. The molecular weight excluding hydrogens is 437 g/mol. The molecule has 5 nitrogen and oxygen atoms in total. The third-order valence-corrected chi connectivity index (χ3v) is 8.94. The summed E-state index contributed by atoms with van der Waals surface area (Å²) in [5.74, 6) is -2.01. The molecule has 3 fully saturated rings. The zero-order valence-corrected chi connectivity index (χ0v) is 19.6. The largest absolute Gasteiger partial charge is 0.457 e. The summed E-state index contributed by atoms with van der Waals surface area (Å²) in [5, 5.41) is 22.8.